The molecule has 4 rings (SSSR count). The van der Waals surface area contributed by atoms with Crippen molar-refractivity contribution in [2.75, 3.05) is 41.3 Å². The van der Waals surface area contributed by atoms with E-state index in [0.717, 1.165) is 49.5 Å². The number of rotatable bonds is 2. The zero-order valence-corrected chi connectivity index (χ0v) is 14.5. The molecule has 1 saturated heterocycles. The predicted octanol–water partition coefficient (Wildman–Crippen LogP) is 4.38. The monoisotopic (exact) mass is 345 g/mol. The van der Waals surface area contributed by atoms with Gasteiger partial charge in [-0.25, -0.2) is 4.39 Å². The molecular formula is C19H21ClFN3. The van der Waals surface area contributed by atoms with Gasteiger partial charge in [0.05, 0.1) is 11.4 Å². The van der Waals surface area contributed by atoms with Crippen molar-refractivity contribution in [3.63, 3.8) is 0 Å². The second-order valence-electron chi connectivity index (χ2n) is 6.90. The van der Waals surface area contributed by atoms with Gasteiger partial charge < -0.3 is 9.80 Å². The molecule has 2 heterocycles. The molecule has 0 bridgehead atoms. The standard InChI is InChI=1S/C19H21ClFN3/c1-23-13-19(15-7-6-14(21)12-18(15)23)8-10-24(11-9-19)17-5-3-2-4-16(17)22-20/h2-7,12,22H,8-11,13H2,1H3. The molecule has 1 N–H and O–H groups in total. The van der Waals surface area contributed by atoms with Crippen LogP contribution in [0, 0.1) is 5.82 Å². The molecule has 0 unspecified atom stereocenters. The van der Waals surface area contributed by atoms with Crippen LogP contribution in [0.1, 0.15) is 18.4 Å². The zero-order chi connectivity index (χ0) is 16.7. The van der Waals surface area contributed by atoms with Gasteiger partial charge in [-0.15, -0.1) is 0 Å². The van der Waals surface area contributed by atoms with Crippen LogP contribution in [0.15, 0.2) is 42.5 Å². The van der Waals surface area contributed by atoms with Crippen molar-refractivity contribution < 1.29 is 4.39 Å². The van der Waals surface area contributed by atoms with Gasteiger partial charge in [0.25, 0.3) is 0 Å². The molecule has 2 aliphatic rings. The van der Waals surface area contributed by atoms with Crippen LogP contribution in [0.25, 0.3) is 0 Å². The third-order valence-corrected chi connectivity index (χ3v) is 5.75. The second-order valence-corrected chi connectivity index (χ2v) is 7.09. The van der Waals surface area contributed by atoms with Crippen LogP contribution in [-0.4, -0.2) is 26.7 Å². The number of nitrogens with zero attached hydrogens (tertiary/aromatic N) is 2. The van der Waals surface area contributed by atoms with Gasteiger partial charge in [0.2, 0.25) is 0 Å². The summed E-state index contributed by atoms with van der Waals surface area (Å²) in [7, 11) is 2.06. The summed E-state index contributed by atoms with van der Waals surface area (Å²) in [4.78, 5) is 7.35. The quantitative estimate of drug-likeness (QED) is 0.815. The number of hydrogen-bond donors (Lipinski definition) is 1. The first kappa shape index (κ1) is 15.6. The molecule has 3 nitrogen and oxygen atoms in total. The van der Waals surface area contributed by atoms with Crippen molar-refractivity contribution in [3.05, 3.63) is 53.8 Å². The predicted molar refractivity (Wildman–Crippen MR) is 98.7 cm³/mol. The molecule has 2 aromatic rings. The van der Waals surface area contributed by atoms with E-state index in [1.807, 2.05) is 24.3 Å². The Morgan fingerprint density at radius 1 is 1.08 bits per heavy atom. The molecular weight excluding hydrogens is 325 g/mol. The highest BCUT2D eigenvalue weighted by Gasteiger charge is 2.43. The van der Waals surface area contributed by atoms with Crippen LogP contribution in [0.5, 0.6) is 0 Å². The van der Waals surface area contributed by atoms with Crippen LogP contribution in [0.3, 0.4) is 0 Å². The number of benzene rings is 2. The van der Waals surface area contributed by atoms with Crippen molar-refractivity contribution in [2.24, 2.45) is 0 Å². The number of fused-ring (bicyclic) bond motifs is 2. The van der Waals surface area contributed by atoms with E-state index in [4.69, 9.17) is 11.8 Å². The van der Waals surface area contributed by atoms with Crippen molar-refractivity contribution >= 4 is 28.8 Å². The first-order valence-corrected chi connectivity index (χ1v) is 8.73. The highest BCUT2D eigenvalue weighted by atomic mass is 35.5. The molecule has 1 fully saturated rings. The fraction of sp³-hybridized carbons (Fsp3) is 0.368. The van der Waals surface area contributed by atoms with Gasteiger partial charge in [0, 0.05) is 49.6 Å². The number of para-hydroxylation sites is 2. The summed E-state index contributed by atoms with van der Waals surface area (Å²) in [6.07, 6.45) is 2.12. The van der Waals surface area contributed by atoms with Gasteiger partial charge in [-0.05, 0) is 42.7 Å². The van der Waals surface area contributed by atoms with Crippen molar-refractivity contribution in [1.29, 1.82) is 0 Å². The Bertz CT molecular complexity index is 756. The number of piperidine rings is 1. The maximum absolute atomic E-state index is 13.6. The Kier molecular flexibility index (Phi) is 3.80. The number of nitrogens with one attached hydrogen (secondary N) is 1. The van der Waals surface area contributed by atoms with Gasteiger partial charge in [-0.1, -0.05) is 18.2 Å². The minimum absolute atomic E-state index is 0.137. The maximum atomic E-state index is 13.6. The number of hydrogen-bond acceptors (Lipinski definition) is 3. The Morgan fingerprint density at radius 2 is 1.83 bits per heavy atom. The fourth-order valence-electron chi connectivity index (χ4n) is 4.33. The summed E-state index contributed by atoms with van der Waals surface area (Å²) in [5, 5.41) is 0. The van der Waals surface area contributed by atoms with Crippen molar-refractivity contribution in [2.45, 2.75) is 18.3 Å². The minimum Gasteiger partial charge on any atom is -0.373 e. The molecule has 2 aromatic carbocycles. The first-order chi connectivity index (χ1) is 11.6. The zero-order valence-electron chi connectivity index (χ0n) is 13.7. The van der Waals surface area contributed by atoms with Gasteiger partial charge in [-0.3, -0.25) is 4.84 Å². The second kappa shape index (κ2) is 5.85. The summed E-state index contributed by atoms with van der Waals surface area (Å²) in [5.41, 5.74) is 4.58. The average molecular weight is 346 g/mol. The molecule has 0 saturated carbocycles. The Morgan fingerprint density at radius 3 is 2.58 bits per heavy atom. The van der Waals surface area contributed by atoms with E-state index in [-0.39, 0.29) is 11.2 Å². The van der Waals surface area contributed by atoms with E-state index in [9.17, 15) is 4.39 Å². The summed E-state index contributed by atoms with van der Waals surface area (Å²) in [5.74, 6) is -0.155. The van der Waals surface area contributed by atoms with Gasteiger partial charge in [-0.2, -0.15) is 0 Å². The first-order valence-electron chi connectivity index (χ1n) is 8.35. The summed E-state index contributed by atoms with van der Waals surface area (Å²) < 4.78 is 13.6. The van der Waals surface area contributed by atoms with E-state index < -0.39 is 0 Å². The lowest BCUT2D eigenvalue weighted by atomic mass is 9.74. The Hall–Kier alpha value is -1.94. The molecule has 0 atom stereocenters. The third-order valence-electron chi connectivity index (χ3n) is 5.55. The lowest BCUT2D eigenvalue weighted by Crippen LogP contribution is -2.45. The van der Waals surface area contributed by atoms with E-state index in [0.29, 0.717) is 0 Å². The largest absolute Gasteiger partial charge is 0.373 e. The fourth-order valence-corrected chi connectivity index (χ4v) is 4.49. The van der Waals surface area contributed by atoms with E-state index in [1.165, 1.54) is 5.56 Å². The topological polar surface area (TPSA) is 18.5 Å². The molecule has 126 valence electrons. The highest BCUT2D eigenvalue weighted by molar-refractivity contribution is 6.24. The minimum atomic E-state index is -0.155. The molecule has 0 aliphatic carbocycles. The summed E-state index contributed by atoms with van der Waals surface area (Å²) >= 11 is 5.85. The molecule has 0 radical (unpaired) electrons. The van der Waals surface area contributed by atoms with Crippen molar-refractivity contribution in [3.8, 4) is 0 Å². The molecule has 2 aliphatic heterocycles. The van der Waals surface area contributed by atoms with Crippen LogP contribution in [0.2, 0.25) is 0 Å². The highest BCUT2D eigenvalue weighted by Crippen LogP contribution is 2.47. The number of halogens is 2. The maximum Gasteiger partial charge on any atom is 0.125 e. The SMILES string of the molecule is CN1CC2(CCN(c3ccccc3NCl)CC2)c2ccc(F)cc21. The smallest absolute Gasteiger partial charge is 0.125 e. The third kappa shape index (κ3) is 2.40. The lowest BCUT2D eigenvalue weighted by molar-refractivity contribution is 0.353. The summed E-state index contributed by atoms with van der Waals surface area (Å²) in [6.45, 7) is 2.91. The van der Waals surface area contributed by atoms with Crippen LogP contribution >= 0.6 is 11.8 Å². The van der Waals surface area contributed by atoms with Gasteiger partial charge >= 0.3 is 0 Å². The van der Waals surface area contributed by atoms with E-state index in [1.54, 1.807) is 12.1 Å². The van der Waals surface area contributed by atoms with Crippen LogP contribution in [-0.2, 0) is 5.41 Å². The van der Waals surface area contributed by atoms with E-state index >= 15 is 0 Å². The normalized spacial score (nSPS) is 18.8. The Balaban J connectivity index is 1.59. The van der Waals surface area contributed by atoms with Gasteiger partial charge in [0.15, 0.2) is 0 Å². The van der Waals surface area contributed by atoms with Crippen LogP contribution < -0.4 is 14.6 Å². The number of anilines is 3. The van der Waals surface area contributed by atoms with Crippen molar-refractivity contribution in [1.82, 2.24) is 0 Å². The summed E-state index contributed by atoms with van der Waals surface area (Å²) in [6, 6.07) is 13.4. The average Bonchev–Trinajstić information content (AvgIpc) is 2.87. The van der Waals surface area contributed by atoms with Gasteiger partial charge in [0.1, 0.15) is 5.82 Å². The van der Waals surface area contributed by atoms with Crippen LogP contribution in [0.4, 0.5) is 21.5 Å². The Labute approximate surface area is 147 Å². The molecule has 0 amide bonds. The molecule has 0 aromatic heterocycles. The molecule has 5 heteroatoms. The van der Waals surface area contributed by atoms with E-state index in [2.05, 4.69) is 27.7 Å². The number of likely N-dealkylation sites (N-methyl/N-ethyl adjacent to an activating group) is 1. The molecule has 1 spiro atoms. The lowest BCUT2D eigenvalue weighted by Gasteiger charge is -2.41. The molecule has 24 heavy (non-hydrogen) atoms.